The number of nitrogens with zero attached hydrogens (tertiary/aromatic N) is 1. The third-order valence-electron chi connectivity index (χ3n) is 2.54. The van der Waals surface area contributed by atoms with Gasteiger partial charge in [-0.2, -0.15) is 0 Å². The van der Waals surface area contributed by atoms with Gasteiger partial charge in [0.15, 0.2) is 6.61 Å². The third kappa shape index (κ3) is 6.95. The van der Waals surface area contributed by atoms with Gasteiger partial charge in [0.25, 0.3) is 0 Å². The van der Waals surface area contributed by atoms with Crippen molar-refractivity contribution in [1.82, 2.24) is 10.3 Å². The van der Waals surface area contributed by atoms with Crippen molar-refractivity contribution in [2.45, 2.75) is 39.3 Å². The number of rotatable bonds is 5. The summed E-state index contributed by atoms with van der Waals surface area (Å²) in [5.74, 6) is -1.16. The Labute approximate surface area is 136 Å². The molecule has 1 amide bonds. The van der Waals surface area contributed by atoms with Gasteiger partial charge in [-0.25, -0.2) is 9.59 Å². The quantitative estimate of drug-likeness (QED) is 0.483. The molecule has 8 heteroatoms. The molecule has 122 valence electrons. The lowest BCUT2D eigenvalue weighted by Crippen LogP contribution is -2.42. The Morgan fingerprint density at radius 1 is 1.30 bits per heavy atom. The molecule has 1 atom stereocenters. The summed E-state index contributed by atoms with van der Waals surface area (Å²) in [5, 5.41) is 2.33. The molecule has 1 aromatic heterocycles. The molecule has 1 aromatic rings. The van der Waals surface area contributed by atoms with E-state index in [0.29, 0.717) is 0 Å². The Hall–Kier alpha value is -2.38. The lowest BCUT2D eigenvalue weighted by atomic mass is 10.0. The zero-order valence-corrected chi connectivity index (χ0v) is 13.6. The average molecular weight is 318 g/mol. The molecule has 0 aliphatic heterocycles. The van der Waals surface area contributed by atoms with E-state index in [1.165, 1.54) is 25.3 Å². The second-order valence-corrected chi connectivity index (χ2v) is 5.87. The minimum atomic E-state index is -0.942. The predicted octanol–water partition coefficient (Wildman–Crippen LogP) is 0.514. The van der Waals surface area contributed by atoms with Gasteiger partial charge >= 0.3 is 12.1 Å². The van der Waals surface area contributed by atoms with Crippen molar-refractivity contribution in [3.63, 3.8) is 0 Å². The van der Waals surface area contributed by atoms with Crippen molar-refractivity contribution >= 4 is 31.3 Å². The molecule has 23 heavy (non-hydrogen) atoms. The number of alkyl carbamates (subject to hydrolysis) is 1. The van der Waals surface area contributed by atoms with Crippen LogP contribution in [-0.4, -0.2) is 48.9 Å². The number of ether oxygens (including phenoxy) is 2. The average Bonchev–Trinajstić information content (AvgIpc) is 2.42. The summed E-state index contributed by atoms with van der Waals surface area (Å²) in [6.45, 7) is 6.09. The molecular weight excluding hydrogens is 299 g/mol. The van der Waals surface area contributed by atoms with Crippen molar-refractivity contribution in [3.8, 4) is 0 Å². The van der Waals surface area contributed by atoms with Crippen LogP contribution in [0.15, 0.2) is 18.3 Å². The largest absolute Gasteiger partial charge is 0.456 e. The Kier molecular flexibility index (Phi) is 6.30. The Morgan fingerprint density at radius 3 is 2.48 bits per heavy atom. The van der Waals surface area contributed by atoms with Crippen molar-refractivity contribution in [3.05, 3.63) is 23.9 Å². The molecule has 0 fully saturated rings. The van der Waals surface area contributed by atoms with E-state index in [4.69, 9.17) is 17.3 Å². The number of carbonyl (C=O) groups is 3. The summed E-state index contributed by atoms with van der Waals surface area (Å²) in [4.78, 5) is 38.9. The Morgan fingerprint density at radius 2 is 1.96 bits per heavy atom. The minimum absolute atomic E-state index is 0.278. The second-order valence-electron chi connectivity index (χ2n) is 5.87. The highest BCUT2D eigenvalue weighted by Crippen LogP contribution is 2.07. The maximum atomic E-state index is 11.8. The van der Waals surface area contributed by atoms with E-state index in [2.05, 4.69) is 10.3 Å². The first kappa shape index (κ1) is 18.7. The SMILES string of the molecule is [B]c1ccc(C(=O)COC(=O)[C@H](C)NC(=O)OC(C)(C)C)cn1. The van der Waals surface area contributed by atoms with Gasteiger partial charge < -0.3 is 14.8 Å². The number of nitrogens with one attached hydrogen (secondary N) is 1. The standard InChI is InChI=1S/C15H19BN2O5/c1-9(18-14(21)23-15(2,3)4)13(20)22-8-11(19)10-5-6-12(16)17-7-10/h5-7,9H,8H2,1-4H3,(H,18,21)/t9-/m0/s1. The number of ketones is 1. The summed E-state index contributed by atoms with van der Waals surface area (Å²) < 4.78 is 9.88. The van der Waals surface area contributed by atoms with Gasteiger partial charge in [-0.05, 0) is 39.4 Å². The molecule has 0 aliphatic rings. The molecule has 2 radical (unpaired) electrons. The number of hydrogen-bond acceptors (Lipinski definition) is 6. The van der Waals surface area contributed by atoms with Gasteiger partial charge in [-0.3, -0.25) is 9.78 Å². The van der Waals surface area contributed by atoms with Gasteiger partial charge in [0, 0.05) is 11.8 Å². The number of pyridine rings is 1. The number of Topliss-reactive ketones (excluding diaryl/α,β-unsaturated/α-hetero) is 1. The van der Waals surface area contributed by atoms with Gasteiger partial charge in [-0.1, -0.05) is 6.07 Å². The maximum Gasteiger partial charge on any atom is 0.408 e. The zero-order valence-electron chi connectivity index (χ0n) is 13.6. The van der Waals surface area contributed by atoms with Crippen molar-refractivity contribution in [2.75, 3.05) is 6.61 Å². The molecule has 0 aliphatic carbocycles. The highest BCUT2D eigenvalue weighted by Gasteiger charge is 2.22. The van der Waals surface area contributed by atoms with E-state index in [-0.39, 0.29) is 11.2 Å². The van der Waals surface area contributed by atoms with Crippen molar-refractivity contribution in [1.29, 1.82) is 0 Å². The van der Waals surface area contributed by atoms with Crippen LogP contribution in [0.2, 0.25) is 0 Å². The van der Waals surface area contributed by atoms with E-state index in [1.54, 1.807) is 20.8 Å². The fourth-order valence-electron chi connectivity index (χ4n) is 1.46. The molecular formula is C15H19BN2O5. The van der Waals surface area contributed by atoms with Gasteiger partial charge in [0.1, 0.15) is 19.5 Å². The summed E-state index contributed by atoms with van der Waals surface area (Å²) in [5.41, 5.74) is -0.111. The van der Waals surface area contributed by atoms with Crippen LogP contribution in [0.4, 0.5) is 4.79 Å². The molecule has 0 saturated carbocycles. The molecule has 1 rings (SSSR count). The number of esters is 1. The molecule has 0 spiro atoms. The third-order valence-corrected chi connectivity index (χ3v) is 2.54. The Bertz CT molecular complexity index is 581. The van der Waals surface area contributed by atoms with Gasteiger partial charge in [0.2, 0.25) is 5.78 Å². The van der Waals surface area contributed by atoms with Crippen LogP contribution in [0, 0.1) is 0 Å². The first-order chi connectivity index (χ1) is 10.6. The van der Waals surface area contributed by atoms with E-state index in [1.807, 2.05) is 0 Å². The molecule has 0 aromatic carbocycles. The topological polar surface area (TPSA) is 94.6 Å². The van der Waals surface area contributed by atoms with Crippen molar-refractivity contribution in [2.24, 2.45) is 0 Å². The zero-order chi connectivity index (χ0) is 17.6. The highest BCUT2D eigenvalue weighted by atomic mass is 16.6. The normalized spacial score (nSPS) is 12.2. The summed E-state index contributed by atoms with van der Waals surface area (Å²) >= 11 is 0. The van der Waals surface area contributed by atoms with Crippen LogP contribution in [0.3, 0.4) is 0 Å². The molecule has 1 heterocycles. The Balaban J connectivity index is 2.45. The predicted molar refractivity (Wildman–Crippen MR) is 83.7 cm³/mol. The molecule has 0 saturated heterocycles. The van der Waals surface area contributed by atoms with E-state index >= 15 is 0 Å². The van der Waals surface area contributed by atoms with Crippen molar-refractivity contribution < 1.29 is 23.9 Å². The highest BCUT2D eigenvalue weighted by molar-refractivity contribution is 6.30. The minimum Gasteiger partial charge on any atom is -0.456 e. The first-order valence-electron chi connectivity index (χ1n) is 6.99. The summed E-state index contributed by atoms with van der Waals surface area (Å²) in [6.07, 6.45) is 0.560. The first-order valence-corrected chi connectivity index (χ1v) is 6.99. The molecule has 7 nitrogen and oxygen atoms in total. The smallest absolute Gasteiger partial charge is 0.408 e. The fraction of sp³-hybridized carbons (Fsp3) is 0.467. The second kappa shape index (κ2) is 7.76. The van der Waals surface area contributed by atoms with Crippen LogP contribution >= 0.6 is 0 Å². The fourth-order valence-corrected chi connectivity index (χ4v) is 1.46. The molecule has 0 unspecified atom stereocenters. The molecule has 1 N–H and O–H groups in total. The van der Waals surface area contributed by atoms with Crippen LogP contribution < -0.4 is 10.9 Å². The number of hydrogen-bond donors (Lipinski definition) is 1. The summed E-state index contributed by atoms with van der Waals surface area (Å²) in [7, 11) is 5.42. The monoisotopic (exact) mass is 318 g/mol. The number of amides is 1. The number of aromatic nitrogens is 1. The lowest BCUT2D eigenvalue weighted by Gasteiger charge is -2.21. The number of carbonyl (C=O) groups excluding carboxylic acids is 3. The maximum absolute atomic E-state index is 11.8. The van der Waals surface area contributed by atoms with E-state index < -0.39 is 36.1 Å². The van der Waals surface area contributed by atoms with Gasteiger partial charge in [-0.15, -0.1) is 0 Å². The van der Waals surface area contributed by atoms with Crippen LogP contribution in [-0.2, 0) is 14.3 Å². The van der Waals surface area contributed by atoms with Crippen LogP contribution in [0.1, 0.15) is 38.1 Å². The van der Waals surface area contributed by atoms with Gasteiger partial charge in [0.05, 0.1) is 0 Å². The summed E-state index contributed by atoms with van der Waals surface area (Å²) in [6, 6.07) is 2.02. The van der Waals surface area contributed by atoms with Crippen LogP contribution in [0.5, 0.6) is 0 Å². The molecule has 0 bridgehead atoms. The van der Waals surface area contributed by atoms with Crippen LogP contribution in [0.25, 0.3) is 0 Å². The lowest BCUT2D eigenvalue weighted by molar-refractivity contribution is -0.144. The van der Waals surface area contributed by atoms with E-state index in [9.17, 15) is 14.4 Å². The van der Waals surface area contributed by atoms with E-state index in [0.717, 1.165) is 0 Å².